The van der Waals surface area contributed by atoms with Gasteiger partial charge in [-0.3, -0.25) is 9.59 Å². The predicted molar refractivity (Wildman–Crippen MR) is 92.1 cm³/mol. The molecule has 26 heavy (non-hydrogen) atoms. The Bertz CT molecular complexity index is 854. The van der Waals surface area contributed by atoms with Crippen LogP contribution in [0.5, 0.6) is 0 Å². The molecule has 1 aliphatic heterocycles. The highest BCUT2D eigenvalue weighted by atomic mass is 19.4. The van der Waals surface area contributed by atoms with Crippen LogP contribution in [0.1, 0.15) is 42.2 Å². The highest BCUT2D eigenvalue weighted by Gasteiger charge is 2.42. The van der Waals surface area contributed by atoms with E-state index in [1.807, 2.05) is 6.92 Å². The number of fused-ring (bicyclic) bond motifs is 1. The maximum absolute atomic E-state index is 13.0. The van der Waals surface area contributed by atoms with Crippen molar-refractivity contribution in [1.82, 2.24) is 9.47 Å². The molecule has 0 aliphatic carbocycles. The molecule has 7 heteroatoms. The van der Waals surface area contributed by atoms with Crippen LogP contribution < -0.4 is 0 Å². The van der Waals surface area contributed by atoms with E-state index < -0.39 is 12.0 Å². The number of likely N-dealkylation sites (tertiary alicyclic amines) is 1. The third-order valence-corrected chi connectivity index (χ3v) is 5.13. The van der Waals surface area contributed by atoms with Crippen molar-refractivity contribution >= 4 is 22.6 Å². The highest BCUT2D eigenvalue weighted by Crippen LogP contribution is 2.32. The molecule has 1 atom stereocenters. The zero-order valence-electron chi connectivity index (χ0n) is 14.8. The second-order valence-electron chi connectivity index (χ2n) is 6.82. The molecular weight excluding hydrogens is 345 g/mol. The van der Waals surface area contributed by atoms with Crippen molar-refractivity contribution in [2.75, 3.05) is 6.54 Å². The number of halogens is 3. The maximum Gasteiger partial charge on any atom is 0.454 e. The molecule has 0 spiro atoms. The van der Waals surface area contributed by atoms with Gasteiger partial charge in [0.25, 0.3) is 5.78 Å². The molecule has 1 amide bonds. The molecule has 1 fully saturated rings. The van der Waals surface area contributed by atoms with Crippen molar-refractivity contribution in [2.24, 2.45) is 0 Å². The number of ketones is 1. The number of carbonyl (C=O) groups is 2. The van der Waals surface area contributed by atoms with E-state index in [0.717, 1.165) is 19.3 Å². The number of benzene rings is 1. The largest absolute Gasteiger partial charge is 0.454 e. The van der Waals surface area contributed by atoms with E-state index in [-0.39, 0.29) is 35.1 Å². The third kappa shape index (κ3) is 3.22. The lowest BCUT2D eigenvalue weighted by atomic mass is 10.0. The summed E-state index contributed by atoms with van der Waals surface area (Å²) in [5, 5.41) is 0.229. The number of carbonyl (C=O) groups excluding carboxylic acids is 2. The van der Waals surface area contributed by atoms with Crippen LogP contribution in [-0.4, -0.2) is 39.9 Å². The standard InChI is InChI=1S/C19H21F3N2O2/c1-12-7-5-6-10-23(12)16(25)11-24-13(2)17(18(26)19(20,21)22)14-8-3-4-9-15(14)24/h3-4,8-9,12H,5-7,10-11H2,1-2H3/t12-/m1/s1. The lowest BCUT2D eigenvalue weighted by molar-refractivity contribution is -0.135. The minimum absolute atomic E-state index is 0.0676. The van der Waals surface area contributed by atoms with Gasteiger partial charge in [-0.05, 0) is 39.2 Å². The van der Waals surface area contributed by atoms with Crippen LogP contribution in [0.4, 0.5) is 13.2 Å². The van der Waals surface area contributed by atoms with E-state index in [4.69, 9.17) is 0 Å². The van der Waals surface area contributed by atoms with Gasteiger partial charge in [0, 0.05) is 29.2 Å². The van der Waals surface area contributed by atoms with Crippen LogP contribution in [0.2, 0.25) is 0 Å². The number of hydrogen-bond acceptors (Lipinski definition) is 2. The zero-order chi connectivity index (χ0) is 19.1. The molecular formula is C19H21F3N2O2. The van der Waals surface area contributed by atoms with Gasteiger partial charge in [0.05, 0.1) is 5.56 Å². The Labute approximate surface area is 149 Å². The lowest BCUT2D eigenvalue weighted by Gasteiger charge is -2.33. The molecule has 1 aromatic carbocycles. The van der Waals surface area contributed by atoms with Crippen molar-refractivity contribution in [1.29, 1.82) is 0 Å². The highest BCUT2D eigenvalue weighted by molar-refractivity contribution is 6.12. The Morgan fingerprint density at radius 2 is 1.88 bits per heavy atom. The minimum Gasteiger partial charge on any atom is -0.338 e. The van der Waals surface area contributed by atoms with E-state index >= 15 is 0 Å². The summed E-state index contributed by atoms with van der Waals surface area (Å²) in [7, 11) is 0. The maximum atomic E-state index is 13.0. The molecule has 1 aromatic heterocycles. The second kappa shape index (κ2) is 6.78. The van der Waals surface area contributed by atoms with Gasteiger partial charge in [-0.25, -0.2) is 0 Å². The Morgan fingerprint density at radius 3 is 2.54 bits per heavy atom. The molecule has 0 radical (unpaired) electrons. The third-order valence-electron chi connectivity index (χ3n) is 5.13. The Balaban J connectivity index is 2.03. The van der Waals surface area contributed by atoms with Gasteiger partial charge in [-0.2, -0.15) is 13.2 Å². The molecule has 1 saturated heterocycles. The van der Waals surface area contributed by atoms with Gasteiger partial charge in [-0.15, -0.1) is 0 Å². The fourth-order valence-corrected chi connectivity index (χ4v) is 3.76. The van der Waals surface area contributed by atoms with Crippen molar-refractivity contribution in [2.45, 2.75) is 51.9 Å². The number of Topliss-reactive ketones (excluding diaryl/α,β-unsaturated/α-hetero) is 1. The Hall–Kier alpha value is -2.31. The number of amides is 1. The fourth-order valence-electron chi connectivity index (χ4n) is 3.76. The number of nitrogens with zero attached hydrogens (tertiary/aromatic N) is 2. The SMILES string of the molecule is Cc1c(C(=O)C(F)(F)F)c2ccccc2n1CC(=O)N1CCCC[C@H]1C. The summed E-state index contributed by atoms with van der Waals surface area (Å²) in [6.45, 7) is 4.04. The van der Waals surface area contributed by atoms with E-state index in [0.29, 0.717) is 12.1 Å². The molecule has 1 aliphatic rings. The summed E-state index contributed by atoms with van der Waals surface area (Å²) in [6.07, 6.45) is -2.03. The normalized spacial score (nSPS) is 18.3. The molecule has 0 saturated carbocycles. The van der Waals surface area contributed by atoms with Crippen LogP contribution in [0.25, 0.3) is 10.9 Å². The summed E-state index contributed by atoms with van der Waals surface area (Å²) in [4.78, 5) is 26.4. The van der Waals surface area contributed by atoms with Gasteiger partial charge >= 0.3 is 6.18 Å². The molecule has 0 unspecified atom stereocenters. The molecule has 140 valence electrons. The quantitative estimate of drug-likeness (QED) is 0.768. The zero-order valence-corrected chi connectivity index (χ0v) is 14.8. The van der Waals surface area contributed by atoms with E-state index in [2.05, 4.69) is 0 Å². The summed E-state index contributed by atoms with van der Waals surface area (Å²) >= 11 is 0. The molecule has 3 rings (SSSR count). The minimum atomic E-state index is -4.95. The number of para-hydroxylation sites is 1. The first kappa shape index (κ1) is 18.5. The van der Waals surface area contributed by atoms with Crippen LogP contribution in [-0.2, 0) is 11.3 Å². The average molecular weight is 366 g/mol. The molecule has 0 bridgehead atoms. The smallest absolute Gasteiger partial charge is 0.338 e. The van der Waals surface area contributed by atoms with Crippen molar-refractivity contribution in [3.63, 3.8) is 0 Å². The molecule has 4 nitrogen and oxygen atoms in total. The first-order valence-corrected chi connectivity index (χ1v) is 8.70. The van der Waals surface area contributed by atoms with Gasteiger partial charge in [-0.1, -0.05) is 18.2 Å². The summed E-state index contributed by atoms with van der Waals surface area (Å²) in [6, 6.07) is 6.53. The second-order valence-corrected chi connectivity index (χ2v) is 6.82. The van der Waals surface area contributed by atoms with E-state index in [1.165, 1.54) is 17.6 Å². The lowest BCUT2D eigenvalue weighted by Crippen LogP contribution is -2.43. The van der Waals surface area contributed by atoms with Crippen LogP contribution in [0.3, 0.4) is 0 Å². The van der Waals surface area contributed by atoms with Gasteiger partial charge in [0.2, 0.25) is 5.91 Å². The van der Waals surface area contributed by atoms with Gasteiger partial charge in [0.15, 0.2) is 0 Å². The number of alkyl halides is 3. The molecule has 2 heterocycles. The van der Waals surface area contributed by atoms with Gasteiger partial charge in [0.1, 0.15) is 6.54 Å². The van der Waals surface area contributed by atoms with Crippen molar-refractivity contribution in [3.8, 4) is 0 Å². The molecule has 0 N–H and O–H groups in total. The first-order chi connectivity index (χ1) is 12.2. The fraction of sp³-hybridized carbons (Fsp3) is 0.474. The average Bonchev–Trinajstić information content (AvgIpc) is 2.86. The number of aromatic nitrogens is 1. The summed E-state index contributed by atoms with van der Waals surface area (Å²) < 4.78 is 40.6. The Kier molecular flexibility index (Phi) is 4.82. The monoisotopic (exact) mass is 366 g/mol. The predicted octanol–water partition coefficient (Wildman–Crippen LogP) is 4.10. The van der Waals surface area contributed by atoms with E-state index in [1.54, 1.807) is 23.1 Å². The van der Waals surface area contributed by atoms with Crippen LogP contribution in [0.15, 0.2) is 24.3 Å². The Morgan fingerprint density at radius 1 is 1.19 bits per heavy atom. The summed E-state index contributed by atoms with van der Waals surface area (Å²) in [5.41, 5.74) is 0.273. The summed E-state index contributed by atoms with van der Waals surface area (Å²) in [5.74, 6) is -2.00. The van der Waals surface area contributed by atoms with E-state index in [9.17, 15) is 22.8 Å². The van der Waals surface area contributed by atoms with Crippen molar-refractivity contribution in [3.05, 3.63) is 35.5 Å². The number of rotatable bonds is 3. The van der Waals surface area contributed by atoms with Crippen LogP contribution in [0, 0.1) is 6.92 Å². The first-order valence-electron chi connectivity index (χ1n) is 8.70. The number of hydrogen-bond donors (Lipinski definition) is 0. The molecule has 2 aromatic rings. The topological polar surface area (TPSA) is 42.3 Å². The van der Waals surface area contributed by atoms with Crippen molar-refractivity contribution < 1.29 is 22.8 Å². The van der Waals surface area contributed by atoms with Crippen LogP contribution >= 0.6 is 0 Å². The number of piperidine rings is 1. The van der Waals surface area contributed by atoms with Gasteiger partial charge < -0.3 is 9.47 Å².